The lowest BCUT2D eigenvalue weighted by Crippen LogP contribution is -1.92. The molecule has 12 heavy (non-hydrogen) atoms. The van der Waals surface area contributed by atoms with Gasteiger partial charge in [-0.1, -0.05) is 26.2 Å². The molecule has 0 aliphatic carbocycles. The molecule has 0 spiro atoms. The summed E-state index contributed by atoms with van der Waals surface area (Å²) < 4.78 is 0. The summed E-state index contributed by atoms with van der Waals surface area (Å²) >= 11 is 0. The van der Waals surface area contributed by atoms with Crippen LogP contribution in [0, 0.1) is 0 Å². The number of rotatable bonds is 5. The summed E-state index contributed by atoms with van der Waals surface area (Å²) in [5.74, 6) is -0.675. The first-order valence-electron chi connectivity index (χ1n) is 3.99. The molecule has 0 aromatic carbocycles. The van der Waals surface area contributed by atoms with Gasteiger partial charge in [-0.3, -0.25) is 4.79 Å². The molecule has 0 radical (unpaired) electrons. The van der Waals surface area contributed by atoms with E-state index in [1.54, 1.807) is 0 Å². The Morgan fingerprint density at radius 3 is 2.08 bits per heavy atom. The highest BCUT2D eigenvalue weighted by atomic mass is 16.4. The third kappa shape index (κ3) is 22.9. The minimum Gasteiger partial charge on any atom is -0.481 e. The Morgan fingerprint density at radius 2 is 1.75 bits per heavy atom. The summed E-state index contributed by atoms with van der Waals surface area (Å²) in [7, 11) is 0. The second-order valence-electron chi connectivity index (χ2n) is 2.20. The van der Waals surface area contributed by atoms with Crippen LogP contribution in [0.3, 0.4) is 0 Å². The van der Waals surface area contributed by atoms with Crippen molar-refractivity contribution in [2.75, 3.05) is 0 Å². The average Bonchev–Trinajstić information content (AvgIpc) is 2.02. The predicted molar refractivity (Wildman–Crippen MR) is 52.7 cm³/mol. The average molecular weight is 175 g/mol. The fourth-order valence-corrected chi connectivity index (χ4v) is 0.703. The van der Waals surface area contributed by atoms with Crippen LogP contribution in [0.15, 0.2) is 13.2 Å². The highest BCUT2D eigenvalue weighted by Crippen LogP contribution is 2.01. The van der Waals surface area contributed by atoms with Gasteiger partial charge in [0.2, 0.25) is 0 Å². The standard InChI is InChI=1S/C7H14O2.C2H4.H3N/c1-2-3-4-5-6-7(8)9;1-2;/h2-6H2,1H3,(H,8,9);1-2H2;1H3. The van der Waals surface area contributed by atoms with Crippen LogP contribution in [0.5, 0.6) is 0 Å². The molecule has 4 N–H and O–H groups in total. The van der Waals surface area contributed by atoms with Crippen molar-refractivity contribution in [2.24, 2.45) is 0 Å². The maximum atomic E-state index is 9.96. The largest absolute Gasteiger partial charge is 0.481 e. The quantitative estimate of drug-likeness (QED) is 0.498. The van der Waals surface area contributed by atoms with E-state index in [9.17, 15) is 4.79 Å². The number of aliphatic carboxylic acids is 1. The molecule has 0 saturated carbocycles. The number of carboxylic acid groups (broad SMARTS) is 1. The zero-order valence-corrected chi connectivity index (χ0v) is 8.01. The molecular weight excluding hydrogens is 154 g/mol. The highest BCUT2D eigenvalue weighted by molar-refractivity contribution is 5.66. The number of hydrogen-bond acceptors (Lipinski definition) is 2. The molecule has 0 aromatic heterocycles. The molecule has 0 atom stereocenters. The summed E-state index contributed by atoms with van der Waals surface area (Å²) in [5, 5.41) is 8.21. The zero-order valence-electron chi connectivity index (χ0n) is 8.01. The van der Waals surface area contributed by atoms with E-state index >= 15 is 0 Å². The molecule has 0 rings (SSSR count). The van der Waals surface area contributed by atoms with Gasteiger partial charge in [-0.2, -0.15) is 0 Å². The summed E-state index contributed by atoms with van der Waals surface area (Å²) in [6.07, 6.45) is 4.55. The summed E-state index contributed by atoms with van der Waals surface area (Å²) in [6, 6.07) is 0. The molecule has 0 aromatic rings. The smallest absolute Gasteiger partial charge is 0.303 e. The van der Waals surface area contributed by atoms with Crippen molar-refractivity contribution in [1.82, 2.24) is 6.15 Å². The van der Waals surface area contributed by atoms with Gasteiger partial charge in [-0.15, -0.1) is 13.2 Å². The lowest BCUT2D eigenvalue weighted by molar-refractivity contribution is -0.137. The first kappa shape index (κ1) is 17.3. The van der Waals surface area contributed by atoms with Crippen LogP contribution in [0.1, 0.15) is 39.0 Å². The zero-order chi connectivity index (χ0) is 9.11. The molecular formula is C9H21NO2. The summed E-state index contributed by atoms with van der Waals surface area (Å²) in [4.78, 5) is 9.96. The molecule has 0 aliphatic heterocycles. The first-order chi connectivity index (χ1) is 5.27. The molecule has 74 valence electrons. The van der Waals surface area contributed by atoms with Gasteiger partial charge in [0, 0.05) is 6.42 Å². The van der Waals surface area contributed by atoms with Crippen LogP contribution in [-0.4, -0.2) is 11.1 Å². The van der Waals surface area contributed by atoms with Crippen molar-refractivity contribution in [3.63, 3.8) is 0 Å². The van der Waals surface area contributed by atoms with Gasteiger partial charge in [0.15, 0.2) is 0 Å². The number of hydrogen-bond donors (Lipinski definition) is 2. The van der Waals surface area contributed by atoms with Crippen molar-refractivity contribution < 1.29 is 9.90 Å². The van der Waals surface area contributed by atoms with Crippen LogP contribution in [0.25, 0.3) is 0 Å². The highest BCUT2D eigenvalue weighted by Gasteiger charge is 1.93. The predicted octanol–water partition coefficient (Wildman–Crippen LogP) is 3.01. The number of carboxylic acids is 1. The van der Waals surface area contributed by atoms with Crippen LogP contribution in [0.2, 0.25) is 0 Å². The lowest BCUT2D eigenvalue weighted by Gasteiger charge is -1.92. The molecule has 0 heterocycles. The number of unbranched alkanes of at least 4 members (excludes halogenated alkanes) is 3. The van der Waals surface area contributed by atoms with Crippen molar-refractivity contribution in [3.05, 3.63) is 13.2 Å². The van der Waals surface area contributed by atoms with Crippen molar-refractivity contribution >= 4 is 5.97 Å². The van der Waals surface area contributed by atoms with Gasteiger partial charge in [0.05, 0.1) is 0 Å². The Morgan fingerprint density at radius 1 is 1.25 bits per heavy atom. The van der Waals surface area contributed by atoms with Gasteiger partial charge in [-0.05, 0) is 6.42 Å². The molecule has 0 unspecified atom stereocenters. The Bertz CT molecular complexity index is 94.5. The second kappa shape index (κ2) is 16.6. The Hall–Kier alpha value is -0.830. The Balaban J connectivity index is -0.000000249. The topological polar surface area (TPSA) is 72.3 Å². The van der Waals surface area contributed by atoms with Crippen LogP contribution >= 0.6 is 0 Å². The van der Waals surface area contributed by atoms with Crippen molar-refractivity contribution in [2.45, 2.75) is 39.0 Å². The fourth-order valence-electron chi connectivity index (χ4n) is 0.703. The Kier molecular flexibility index (Phi) is 24.0. The third-order valence-electron chi connectivity index (χ3n) is 1.24. The van der Waals surface area contributed by atoms with Gasteiger partial charge < -0.3 is 11.3 Å². The molecule has 3 nitrogen and oxygen atoms in total. The van der Waals surface area contributed by atoms with E-state index in [2.05, 4.69) is 20.1 Å². The van der Waals surface area contributed by atoms with Crippen molar-refractivity contribution in [1.29, 1.82) is 0 Å². The maximum absolute atomic E-state index is 9.96. The van der Waals surface area contributed by atoms with Gasteiger partial charge in [-0.25, -0.2) is 0 Å². The van der Waals surface area contributed by atoms with E-state index in [0.717, 1.165) is 19.3 Å². The SMILES string of the molecule is C=C.CCCCCCC(=O)O.N. The third-order valence-corrected chi connectivity index (χ3v) is 1.24. The van der Waals surface area contributed by atoms with Crippen LogP contribution in [-0.2, 0) is 4.79 Å². The lowest BCUT2D eigenvalue weighted by atomic mass is 10.2. The van der Waals surface area contributed by atoms with E-state index in [0.29, 0.717) is 6.42 Å². The van der Waals surface area contributed by atoms with Crippen LogP contribution in [0.4, 0.5) is 0 Å². The van der Waals surface area contributed by atoms with E-state index in [1.165, 1.54) is 6.42 Å². The fraction of sp³-hybridized carbons (Fsp3) is 0.667. The minimum atomic E-state index is -0.675. The van der Waals surface area contributed by atoms with Crippen molar-refractivity contribution in [3.8, 4) is 0 Å². The van der Waals surface area contributed by atoms with E-state index in [4.69, 9.17) is 5.11 Å². The molecule has 3 heteroatoms. The molecule has 0 fully saturated rings. The number of carbonyl (C=O) groups is 1. The molecule has 0 aliphatic rings. The van der Waals surface area contributed by atoms with E-state index < -0.39 is 5.97 Å². The van der Waals surface area contributed by atoms with Gasteiger partial charge in [0.1, 0.15) is 0 Å². The normalized spacial score (nSPS) is 7.42. The first-order valence-corrected chi connectivity index (χ1v) is 3.99. The van der Waals surface area contributed by atoms with Gasteiger partial charge in [0.25, 0.3) is 0 Å². The van der Waals surface area contributed by atoms with Crippen LogP contribution < -0.4 is 6.15 Å². The molecule has 0 bridgehead atoms. The van der Waals surface area contributed by atoms with E-state index in [1.807, 2.05) is 0 Å². The summed E-state index contributed by atoms with van der Waals surface area (Å²) in [6.45, 7) is 8.11. The monoisotopic (exact) mass is 175 g/mol. The minimum absolute atomic E-state index is 0. The van der Waals surface area contributed by atoms with Gasteiger partial charge >= 0.3 is 5.97 Å². The summed E-state index contributed by atoms with van der Waals surface area (Å²) in [5.41, 5.74) is 0. The Labute approximate surface area is 75.1 Å². The van der Waals surface area contributed by atoms with E-state index in [-0.39, 0.29) is 6.15 Å². The molecule has 0 saturated heterocycles. The second-order valence-corrected chi connectivity index (χ2v) is 2.20. The molecule has 0 amide bonds. The maximum Gasteiger partial charge on any atom is 0.303 e.